The number of nitrogens with one attached hydrogen (secondary N) is 1. The summed E-state index contributed by atoms with van der Waals surface area (Å²) >= 11 is 0. The number of anilines is 1. The van der Waals surface area contributed by atoms with Crippen LogP contribution in [0.15, 0.2) is 18.2 Å². The number of hydrogen-bond donors (Lipinski definition) is 2. The van der Waals surface area contributed by atoms with Gasteiger partial charge >= 0.3 is 5.69 Å². The molecule has 1 heterocycles. The summed E-state index contributed by atoms with van der Waals surface area (Å²) in [7, 11) is 0. The standard InChI is InChI=1S/C15H19N5O3/c16-6-7-18-15(21)12-4-2-8-19(10-12)13-5-1-3-11(9-17)14(13)20(22)23/h1,3,5,12H,2,4,6-8,10,16H2,(H,18,21). The van der Waals surface area contributed by atoms with Gasteiger partial charge in [0.2, 0.25) is 5.91 Å². The fraction of sp³-hybridized carbons (Fsp3) is 0.467. The van der Waals surface area contributed by atoms with Crippen LogP contribution in [0.1, 0.15) is 18.4 Å². The van der Waals surface area contributed by atoms with E-state index in [4.69, 9.17) is 11.0 Å². The number of hydrogen-bond acceptors (Lipinski definition) is 6. The lowest BCUT2D eigenvalue weighted by atomic mass is 9.96. The molecule has 1 aliphatic rings. The largest absolute Gasteiger partial charge is 0.365 e. The van der Waals surface area contributed by atoms with Crippen LogP contribution >= 0.6 is 0 Å². The Hall–Kier alpha value is -2.66. The van der Waals surface area contributed by atoms with Crippen molar-refractivity contribution >= 4 is 17.3 Å². The molecule has 0 spiro atoms. The molecule has 0 bridgehead atoms. The molecule has 1 saturated heterocycles. The van der Waals surface area contributed by atoms with Gasteiger partial charge in [0.05, 0.1) is 10.8 Å². The van der Waals surface area contributed by atoms with E-state index in [1.165, 1.54) is 6.07 Å². The van der Waals surface area contributed by atoms with Gasteiger partial charge in [-0.2, -0.15) is 5.26 Å². The maximum Gasteiger partial charge on any atom is 0.310 e. The second-order valence-electron chi connectivity index (χ2n) is 5.41. The number of nitro groups is 1. The molecule has 3 N–H and O–H groups in total. The quantitative estimate of drug-likeness (QED) is 0.610. The van der Waals surface area contributed by atoms with Crippen molar-refractivity contribution in [2.24, 2.45) is 11.7 Å². The Labute approximate surface area is 134 Å². The zero-order valence-corrected chi connectivity index (χ0v) is 12.7. The molecule has 1 fully saturated rings. The molecular formula is C15H19N5O3. The van der Waals surface area contributed by atoms with Gasteiger partial charge < -0.3 is 16.0 Å². The van der Waals surface area contributed by atoms with Gasteiger partial charge in [-0.15, -0.1) is 0 Å². The van der Waals surface area contributed by atoms with Crippen molar-refractivity contribution in [2.75, 3.05) is 31.1 Å². The molecular weight excluding hydrogens is 298 g/mol. The summed E-state index contributed by atoms with van der Waals surface area (Å²) in [5.74, 6) is -0.320. The molecule has 1 unspecified atom stereocenters. The van der Waals surface area contributed by atoms with Crippen molar-refractivity contribution < 1.29 is 9.72 Å². The summed E-state index contributed by atoms with van der Waals surface area (Å²) in [6.45, 7) is 1.81. The van der Waals surface area contributed by atoms with Crippen LogP contribution in [0.25, 0.3) is 0 Å². The zero-order chi connectivity index (χ0) is 16.8. The molecule has 8 heteroatoms. The number of carbonyl (C=O) groups excluding carboxylic acids is 1. The number of benzene rings is 1. The lowest BCUT2D eigenvalue weighted by molar-refractivity contribution is -0.384. The predicted octanol–water partition coefficient (Wildman–Crippen LogP) is 0.758. The highest BCUT2D eigenvalue weighted by Gasteiger charge is 2.30. The van der Waals surface area contributed by atoms with E-state index >= 15 is 0 Å². The number of nitriles is 1. The van der Waals surface area contributed by atoms with E-state index in [9.17, 15) is 14.9 Å². The lowest BCUT2D eigenvalue weighted by Gasteiger charge is -2.33. The van der Waals surface area contributed by atoms with E-state index in [2.05, 4.69) is 5.32 Å². The van der Waals surface area contributed by atoms with Gasteiger partial charge in [-0.05, 0) is 25.0 Å². The first kappa shape index (κ1) is 16.7. The lowest BCUT2D eigenvalue weighted by Crippen LogP contribution is -2.44. The van der Waals surface area contributed by atoms with Crippen LogP contribution in [0.3, 0.4) is 0 Å². The maximum atomic E-state index is 12.1. The topological polar surface area (TPSA) is 125 Å². The van der Waals surface area contributed by atoms with E-state index in [0.717, 1.165) is 12.8 Å². The van der Waals surface area contributed by atoms with E-state index in [1.54, 1.807) is 12.1 Å². The van der Waals surface area contributed by atoms with Gasteiger partial charge in [-0.1, -0.05) is 6.07 Å². The van der Waals surface area contributed by atoms with Crippen molar-refractivity contribution in [1.29, 1.82) is 5.26 Å². The summed E-state index contributed by atoms with van der Waals surface area (Å²) in [5.41, 5.74) is 5.61. The molecule has 0 aromatic heterocycles. The SMILES string of the molecule is N#Cc1cccc(N2CCCC(C(=O)NCCN)C2)c1[N+](=O)[O-]. The zero-order valence-electron chi connectivity index (χ0n) is 12.7. The van der Waals surface area contributed by atoms with Crippen molar-refractivity contribution in [1.82, 2.24) is 5.32 Å². The molecule has 0 saturated carbocycles. The first-order valence-corrected chi connectivity index (χ1v) is 7.48. The van der Waals surface area contributed by atoms with Gasteiger partial charge in [-0.3, -0.25) is 14.9 Å². The summed E-state index contributed by atoms with van der Waals surface area (Å²) in [6, 6.07) is 6.53. The highest BCUT2D eigenvalue weighted by molar-refractivity contribution is 5.80. The highest BCUT2D eigenvalue weighted by Crippen LogP contribution is 2.34. The van der Waals surface area contributed by atoms with E-state index in [0.29, 0.717) is 31.9 Å². The Balaban J connectivity index is 2.24. The summed E-state index contributed by atoms with van der Waals surface area (Å²) < 4.78 is 0. The molecule has 1 amide bonds. The number of nitrogens with two attached hydrogens (primary N) is 1. The molecule has 1 aliphatic heterocycles. The molecule has 23 heavy (non-hydrogen) atoms. The summed E-state index contributed by atoms with van der Waals surface area (Å²) in [5, 5.41) is 23.2. The average molecular weight is 317 g/mol. The third-order valence-electron chi connectivity index (χ3n) is 3.89. The van der Waals surface area contributed by atoms with Gasteiger partial charge in [0, 0.05) is 26.2 Å². The number of nitrogens with zero attached hydrogens (tertiary/aromatic N) is 3. The van der Waals surface area contributed by atoms with E-state index in [1.807, 2.05) is 11.0 Å². The molecule has 122 valence electrons. The number of para-hydroxylation sites is 1. The van der Waals surface area contributed by atoms with E-state index in [-0.39, 0.29) is 23.1 Å². The monoisotopic (exact) mass is 317 g/mol. The Morgan fingerprint density at radius 2 is 2.35 bits per heavy atom. The normalized spacial score (nSPS) is 17.4. The van der Waals surface area contributed by atoms with Gasteiger partial charge in [0.25, 0.3) is 0 Å². The molecule has 1 aromatic carbocycles. The second-order valence-corrected chi connectivity index (χ2v) is 5.41. The first-order chi connectivity index (χ1) is 11.1. The fourth-order valence-corrected chi connectivity index (χ4v) is 2.82. The summed E-state index contributed by atoms with van der Waals surface area (Å²) in [4.78, 5) is 24.7. The Kier molecular flexibility index (Phi) is 5.49. The van der Waals surface area contributed by atoms with Gasteiger partial charge in [-0.25, -0.2) is 0 Å². The fourth-order valence-electron chi connectivity index (χ4n) is 2.82. The van der Waals surface area contributed by atoms with Crippen LogP contribution in [0.5, 0.6) is 0 Å². The number of nitro benzene ring substituents is 1. The molecule has 0 radical (unpaired) electrons. The first-order valence-electron chi connectivity index (χ1n) is 7.48. The minimum Gasteiger partial charge on any atom is -0.365 e. The number of carbonyl (C=O) groups is 1. The van der Waals surface area contributed by atoms with Crippen LogP contribution in [0, 0.1) is 27.4 Å². The second kappa shape index (κ2) is 7.56. The van der Waals surface area contributed by atoms with Crippen LogP contribution < -0.4 is 16.0 Å². The number of rotatable bonds is 5. The third-order valence-corrected chi connectivity index (χ3v) is 3.89. The number of amides is 1. The van der Waals surface area contributed by atoms with Crippen LogP contribution in [0.2, 0.25) is 0 Å². The molecule has 8 nitrogen and oxygen atoms in total. The molecule has 2 rings (SSSR count). The highest BCUT2D eigenvalue weighted by atomic mass is 16.6. The molecule has 1 atom stereocenters. The van der Waals surface area contributed by atoms with Crippen LogP contribution in [-0.2, 0) is 4.79 Å². The maximum absolute atomic E-state index is 12.1. The predicted molar refractivity (Wildman–Crippen MR) is 84.8 cm³/mol. The van der Waals surface area contributed by atoms with Gasteiger partial charge in [0.1, 0.15) is 17.3 Å². The minimum atomic E-state index is -0.536. The van der Waals surface area contributed by atoms with E-state index < -0.39 is 4.92 Å². The van der Waals surface area contributed by atoms with Gasteiger partial charge in [0.15, 0.2) is 0 Å². The Bertz CT molecular complexity index is 640. The Morgan fingerprint density at radius 1 is 1.57 bits per heavy atom. The van der Waals surface area contributed by atoms with Crippen LogP contribution in [0.4, 0.5) is 11.4 Å². The van der Waals surface area contributed by atoms with Crippen molar-refractivity contribution in [3.63, 3.8) is 0 Å². The molecule has 1 aromatic rings. The minimum absolute atomic E-state index is 0.0298. The van der Waals surface area contributed by atoms with Crippen molar-refractivity contribution in [3.8, 4) is 6.07 Å². The smallest absolute Gasteiger partial charge is 0.310 e. The third kappa shape index (κ3) is 3.76. The van der Waals surface area contributed by atoms with Crippen LogP contribution in [-0.4, -0.2) is 37.0 Å². The van der Waals surface area contributed by atoms with Crippen molar-refractivity contribution in [3.05, 3.63) is 33.9 Å². The summed E-state index contributed by atoms with van der Waals surface area (Å²) in [6.07, 6.45) is 1.49. The molecule has 0 aliphatic carbocycles. The number of piperidine rings is 1. The average Bonchev–Trinajstić information content (AvgIpc) is 2.58. The Morgan fingerprint density at radius 3 is 3.00 bits per heavy atom. The van der Waals surface area contributed by atoms with Crippen molar-refractivity contribution in [2.45, 2.75) is 12.8 Å².